The lowest BCUT2D eigenvalue weighted by Gasteiger charge is -2.24. The lowest BCUT2D eigenvalue weighted by Crippen LogP contribution is -2.37. The van der Waals surface area contributed by atoms with E-state index in [0.29, 0.717) is 17.4 Å². The molecule has 0 amide bonds. The molecule has 1 unspecified atom stereocenters. The highest BCUT2D eigenvalue weighted by Crippen LogP contribution is 2.43. The maximum atomic E-state index is 12.7. The topological polar surface area (TPSA) is 108 Å². The third-order valence-corrected chi connectivity index (χ3v) is 11.8. The summed E-state index contributed by atoms with van der Waals surface area (Å²) in [6.07, 6.45) is 53.0. The minimum Gasteiger partial charge on any atom is -0.462 e. The number of hydrogen-bond acceptors (Lipinski definition) is 7. The molecular weight excluding hydrogens is 798 g/mol. The molecule has 0 saturated carbocycles. The number of carbonyl (C=O) groups is 2. The molecule has 0 aliphatic heterocycles. The van der Waals surface area contributed by atoms with Crippen LogP contribution in [0.25, 0.3) is 0 Å². The standard InChI is InChI=1S/C52H96NO8P/c1-6-8-10-12-14-16-18-20-22-24-26-28-30-32-34-36-38-40-42-44-51(54)58-48-50(49-60-62(56,57)59-47-46-53(3,4)5)61-52(55)45-43-41-39-37-35-33-31-29-27-25-23-21-19-17-15-13-11-9-7-2/h15,17,21,23,27,29,33,35,50H,6-14,16,18-20,22,24-26,28,30-32,34,36-49H2,1-5H3/p+1/b17-15+,23-21+,29-27+,35-33+/t50-/m1/s1. The van der Waals surface area contributed by atoms with Gasteiger partial charge in [-0.15, -0.1) is 0 Å². The first-order chi connectivity index (χ1) is 30.0. The molecule has 362 valence electrons. The predicted octanol–water partition coefficient (Wildman–Crippen LogP) is 15.0. The van der Waals surface area contributed by atoms with E-state index in [1.165, 1.54) is 128 Å². The average molecular weight is 895 g/mol. The Hall–Kier alpha value is -2.03. The van der Waals surface area contributed by atoms with Crippen molar-refractivity contribution in [2.45, 2.75) is 225 Å². The lowest BCUT2D eigenvalue weighted by molar-refractivity contribution is -0.870. The second-order valence-electron chi connectivity index (χ2n) is 18.2. The summed E-state index contributed by atoms with van der Waals surface area (Å²) in [4.78, 5) is 35.5. The van der Waals surface area contributed by atoms with Crippen LogP contribution in [0.5, 0.6) is 0 Å². The summed E-state index contributed by atoms with van der Waals surface area (Å²) in [5.74, 6) is -0.828. The number of phosphoric acid groups is 1. The zero-order chi connectivity index (χ0) is 45.7. The van der Waals surface area contributed by atoms with E-state index in [0.717, 1.165) is 57.8 Å². The van der Waals surface area contributed by atoms with E-state index in [9.17, 15) is 19.0 Å². The first-order valence-corrected chi connectivity index (χ1v) is 26.9. The number of ether oxygens (including phenoxy) is 2. The minimum absolute atomic E-state index is 0.0250. The van der Waals surface area contributed by atoms with Crippen LogP contribution in [0, 0.1) is 0 Å². The van der Waals surface area contributed by atoms with Crippen LogP contribution in [0.2, 0.25) is 0 Å². The van der Waals surface area contributed by atoms with Gasteiger partial charge in [0.25, 0.3) is 0 Å². The molecule has 0 aromatic heterocycles. The molecular formula is C52H97NO8P+. The highest BCUT2D eigenvalue weighted by atomic mass is 31.2. The van der Waals surface area contributed by atoms with Crippen LogP contribution in [-0.4, -0.2) is 74.9 Å². The molecule has 0 spiro atoms. The Labute approximate surface area is 382 Å². The van der Waals surface area contributed by atoms with Crippen LogP contribution in [0.15, 0.2) is 48.6 Å². The summed E-state index contributed by atoms with van der Waals surface area (Å²) in [5, 5.41) is 0. The molecule has 10 heteroatoms. The highest BCUT2D eigenvalue weighted by Gasteiger charge is 2.27. The number of likely N-dealkylation sites (N-methyl/N-ethyl adjacent to an activating group) is 1. The van der Waals surface area contributed by atoms with Crippen molar-refractivity contribution in [2.75, 3.05) is 47.5 Å². The second-order valence-corrected chi connectivity index (χ2v) is 19.7. The maximum Gasteiger partial charge on any atom is 0.472 e. The molecule has 0 aromatic carbocycles. The highest BCUT2D eigenvalue weighted by molar-refractivity contribution is 7.47. The van der Waals surface area contributed by atoms with Gasteiger partial charge in [-0.2, -0.15) is 0 Å². The van der Waals surface area contributed by atoms with Crippen LogP contribution >= 0.6 is 7.82 Å². The number of quaternary nitrogens is 1. The minimum atomic E-state index is -4.39. The van der Waals surface area contributed by atoms with Gasteiger partial charge in [0.05, 0.1) is 27.7 Å². The van der Waals surface area contributed by atoms with E-state index in [4.69, 9.17) is 18.5 Å². The third kappa shape index (κ3) is 47.4. The zero-order valence-corrected chi connectivity index (χ0v) is 41.7. The summed E-state index contributed by atoms with van der Waals surface area (Å²) >= 11 is 0. The third-order valence-electron chi connectivity index (χ3n) is 10.9. The lowest BCUT2D eigenvalue weighted by atomic mass is 10.0. The molecule has 0 fully saturated rings. The molecule has 62 heavy (non-hydrogen) atoms. The number of carbonyl (C=O) groups excluding carboxylic acids is 2. The number of allylic oxidation sites excluding steroid dienone is 8. The van der Waals surface area contributed by atoms with Crippen molar-refractivity contribution >= 4 is 19.8 Å². The van der Waals surface area contributed by atoms with Gasteiger partial charge in [0, 0.05) is 12.8 Å². The van der Waals surface area contributed by atoms with Crippen LogP contribution in [0.3, 0.4) is 0 Å². The van der Waals surface area contributed by atoms with Gasteiger partial charge < -0.3 is 18.9 Å². The predicted molar refractivity (Wildman–Crippen MR) is 261 cm³/mol. The Balaban J connectivity index is 4.32. The van der Waals surface area contributed by atoms with Gasteiger partial charge in [-0.1, -0.05) is 197 Å². The molecule has 2 atom stereocenters. The Morgan fingerprint density at radius 2 is 0.871 bits per heavy atom. The van der Waals surface area contributed by atoms with Gasteiger partial charge in [-0.25, -0.2) is 4.57 Å². The average Bonchev–Trinajstić information content (AvgIpc) is 3.23. The fourth-order valence-corrected chi connectivity index (χ4v) is 7.62. The van der Waals surface area contributed by atoms with E-state index in [1.54, 1.807) is 0 Å². The Morgan fingerprint density at radius 3 is 1.32 bits per heavy atom. The number of unbranched alkanes of at least 4 members (excludes halogenated alkanes) is 24. The summed E-state index contributed by atoms with van der Waals surface area (Å²) in [6, 6.07) is 0. The second kappa shape index (κ2) is 44.2. The van der Waals surface area contributed by atoms with Gasteiger partial charge >= 0.3 is 19.8 Å². The fraction of sp³-hybridized carbons (Fsp3) is 0.808. The Bertz CT molecular complexity index is 1190. The quantitative estimate of drug-likeness (QED) is 0.0212. The number of esters is 2. The molecule has 9 nitrogen and oxygen atoms in total. The molecule has 0 saturated heterocycles. The van der Waals surface area contributed by atoms with Crippen molar-refractivity contribution in [3.05, 3.63) is 48.6 Å². The van der Waals surface area contributed by atoms with Gasteiger partial charge in [0.2, 0.25) is 0 Å². The number of hydrogen-bond donors (Lipinski definition) is 1. The summed E-state index contributed by atoms with van der Waals surface area (Å²) < 4.78 is 34.4. The summed E-state index contributed by atoms with van der Waals surface area (Å²) in [7, 11) is 1.46. The van der Waals surface area contributed by atoms with Crippen molar-refractivity contribution in [1.82, 2.24) is 0 Å². The zero-order valence-electron chi connectivity index (χ0n) is 40.9. The largest absolute Gasteiger partial charge is 0.472 e. The SMILES string of the molecule is CCCCC/C=C/C/C=C/C/C=C/C/C=C/CCCCCC(=O)O[C@H](COC(=O)CCCCCCCCCCCCCCCCCCCCC)COP(=O)(O)OCC[N+](C)(C)C. The first-order valence-electron chi connectivity index (χ1n) is 25.4. The summed E-state index contributed by atoms with van der Waals surface area (Å²) in [5.41, 5.74) is 0. The van der Waals surface area contributed by atoms with E-state index in [-0.39, 0.29) is 32.0 Å². The molecule has 0 aliphatic carbocycles. The molecule has 0 bridgehead atoms. The van der Waals surface area contributed by atoms with Crippen molar-refractivity contribution in [3.8, 4) is 0 Å². The van der Waals surface area contributed by atoms with Crippen molar-refractivity contribution < 1.29 is 42.1 Å². The Morgan fingerprint density at radius 1 is 0.500 bits per heavy atom. The van der Waals surface area contributed by atoms with Gasteiger partial charge in [-0.3, -0.25) is 18.6 Å². The van der Waals surface area contributed by atoms with E-state index < -0.39 is 26.5 Å². The molecule has 0 heterocycles. The number of phosphoric ester groups is 1. The smallest absolute Gasteiger partial charge is 0.462 e. The normalized spacial score (nSPS) is 13.8. The van der Waals surface area contributed by atoms with Gasteiger partial charge in [0.1, 0.15) is 19.8 Å². The molecule has 0 rings (SSSR count). The Kier molecular flexibility index (Phi) is 42.7. The van der Waals surface area contributed by atoms with Gasteiger partial charge in [-0.05, 0) is 57.8 Å². The number of rotatable bonds is 46. The molecule has 0 aromatic rings. The monoisotopic (exact) mass is 895 g/mol. The molecule has 1 N–H and O–H groups in total. The first kappa shape index (κ1) is 60.0. The number of nitrogens with zero attached hydrogens (tertiary/aromatic N) is 1. The van der Waals surface area contributed by atoms with E-state index in [2.05, 4.69) is 62.5 Å². The molecule has 0 radical (unpaired) electrons. The van der Waals surface area contributed by atoms with Gasteiger partial charge in [0.15, 0.2) is 6.10 Å². The van der Waals surface area contributed by atoms with Crippen molar-refractivity contribution in [2.24, 2.45) is 0 Å². The summed E-state index contributed by atoms with van der Waals surface area (Å²) in [6.45, 7) is 4.38. The molecule has 0 aliphatic rings. The van der Waals surface area contributed by atoms with E-state index in [1.807, 2.05) is 21.1 Å². The van der Waals surface area contributed by atoms with Crippen molar-refractivity contribution in [3.63, 3.8) is 0 Å². The van der Waals surface area contributed by atoms with Crippen LogP contribution in [-0.2, 0) is 32.7 Å². The maximum absolute atomic E-state index is 12.7. The fourth-order valence-electron chi connectivity index (χ4n) is 6.88. The van der Waals surface area contributed by atoms with Crippen molar-refractivity contribution in [1.29, 1.82) is 0 Å². The van der Waals surface area contributed by atoms with Crippen LogP contribution in [0.4, 0.5) is 0 Å². The van der Waals surface area contributed by atoms with Crippen LogP contribution < -0.4 is 0 Å². The van der Waals surface area contributed by atoms with E-state index >= 15 is 0 Å². The van der Waals surface area contributed by atoms with Crippen LogP contribution in [0.1, 0.15) is 219 Å².